The molecule has 1 aliphatic heterocycles. The van der Waals surface area contributed by atoms with Gasteiger partial charge in [0.1, 0.15) is 17.5 Å². The highest BCUT2D eigenvalue weighted by atomic mass is 19.1. The number of nitrogens with one attached hydrogen (secondary N) is 1. The second kappa shape index (κ2) is 8.26. The van der Waals surface area contributed by atoms with Gasteiger partial charge < -0.3 is 15.1 Å². The van der Waals surface area contributed by atoms with Crippen LogP contribution in [0.5, 0.6) is 0 Å². The molecule has 29 heavy (non-hydrogen) atoms. The van der Waals surface area contributed by atoms with E-state index in [-0.39, 0.29) is 11.6 Å². The molecule has 0 spiro atoms. The number of pyridine rings is 1. The quantitative estimate of drug-likeness (QED) is 0.725. The van der Waals surface area contributed by atoms with Gasteiger partial charge in [0.25, 0.3) is 5.91 Å². The lowest BCUT2D eigenvalue weighted by Crippen LogP contribution is -2.48. The number of para-hydroxylation sites is 1. The van der Waals surface area contributed by atoms with Gasteiger partial charge >= 0.3 is 0 Å². The molecule has 1 amide bonds. The summed E-state index contributed by atoms with van der Waals surface area (Å²) in [5, 5.41) is 2.79. The van der Waals surface area contributed by atoms with Crippen molar-refractivity contribution in [1.29, 1.82) is 0 Å². The topological polar surface area (TPSA) is 48.5 Å². The number of carbonyl (C=O) groups excluding carboxylic acids is 1. The molecule has 2 heterocycles. The number of hydrogen-bond donors (Lipinski definition) is 1. The number of nitrogens with zero attached hydrogens (tertiary/aromatic N) is 3. The van der Waals surface area contributed by atoms with Gasteiger partial charge in [-0.25, -0.2) is 13.8 Å². The monoisotopic (exact) mass is 394 g/mol. The van der Waals surface area contributed by atoms with Crippen molar-refractivity contribution in [3.05, 3.63) is 84.1 Å². The highest BCUT2D eigenvalue weighted by molar-refractivity contribution is 5.95. The van der Waals surface area contributed by atoms with Crippen molar-refractivity contribution in [2.24, 2.45) is 0 Å². The average Bonchev–Trinajstić information content (AvgIpc) is 2.76. The Bertz CT molecular complexity index is 1000. The van der Waals surface area contributed by atoms with E-state index >= 15 is 0 Å². The summed E-state index contributed by atoms with van der Waals surface area (Å²) < 4.78 is 26.9. The van der Waals surface area contributed by atoms with E-state index in [1.807, 2.05) is 18.2 Å². The van der Waals surface area contributed by atoms with Crippen molar-refractivity contribution in [2.75, 3.05) is 36.4 Å². The summed E-state index contributed by atoms with van der Waals surface area (Å²) in [7, 11) is 0. The normalized spacial score (nSPS) is 14.0. The molecule has 0 saturated carbocycles. The number of benzene rings is 2. The Morgan fingerprint density at radius 1 is 0.931 bits per heavy atom. The minimum absolute atomic E-state index is 0.0947. The van der Waals surface area contributed by atoms with Gasteiger partial charge in [-0.3, -0.25) is 4.79 Å². The van der Waals surface area contributed by atoms with Crippen LogP contribution in [0.3, 0.4) is 0 Å². The summed E-state index contributed by atoms with van der Waals surface area (Å²) in [6.07, 6.45) is 1.50. The Morgan fingerprint density at radius 2 is 1.69 bits per heavy atom. The van der Waals surface area contributed by atoms with E-state index in [1.165, 1.54) is 12.3 Å². The number of carbonyl (C=O) groups is 1. The number of piperazine rings is 1. The number of amides is 1. The number of rotatable bonds is 4. The van der Waals surface area contributed by atoms with Crippen LogP contribution in [-0.2, 0) is 0 Å². The van der Waals surface area contributed by atoms with Gasteiger partial charge in [-0.2, -0.15) is 0 Å². The van der Waals surface area contributed by atoms with Gasteiger partial charge in [-0.15, -0.1) is 0 Å². The molecule has 0 bridgehead atoms. The summed E-state index contributed by atoms with van der Waals surface area (Å²) in [6.45, 7) is 2.75. The lowest BCUT2D eigenvalue weighted by atomic mass is 10.2. The molecular weight excluding hydrogens is 374 g/mol. The molecule has 2 aromatic carbocycles. The minimum Gasteiger partial charge on any atom is -0.368 e. The highest BCUT2D eigenvalue weighted by Gasteiger charge is 2.22. The predicted octanol–water partition coefficient (Wildman–Crippen LogP) is 4.07. The molecular formula is C22H20F2N4O. The fourth-order valence-corrected chi connectivity index (χ4v) is 3.35. The number of aromatic nitrogens is 1. The zero-order valence-corrected chi connectivity index (χ0v) is 15.7. The summed E-state index contributed by atoms with van der Waals surface area (Å²) >= 11 is 0. The first-order valence-electron chi connectivity index (χ1n) is 9.37. The molecule has 7 heteroatoms. The number of anilines is 3. The molecule has 1 fully saturated rings. The van der Waals surface area contributed by atoms with Crippen molar-refractivity contribution < 1.29 is 13.6 Å². The van der Waals surface area contributed by atoms with Crippen LogP contribution in [0, 0.1) is 11.6 Å². The van der Waals surface area contributed by atoms with E-state index in [9.17, 15) is 13.6 Å². The molecule has 5 nitrogen and oxygen atoms in total. The van der Waals surface area contributed by atoms with Crippen LogP contribution in [-0.4, -0.2) is 42.0 Å². The standard InChI is InChI=1S/C22H20F2N4O/c23-17-6-7-20(19(24)15-17)26-21-14-16(8-9-25-21)22(29)28-12-10-27(11-13-28)18-4-2-1-3-5-18/h1-9,14-15H,10-13H2,(H,25,26). The second-order valence-corrected chi connectivity index (χ2v) is 6.79. The van der Waals surface area contributed by atoms with Gasteiger partial charge in [-0.05, 0) is 36.4 Å². The summed E-state index contributed by atoms with van der Waals surface area (Å²) in [5.41, 5.74) is 1.72. The van der Waals surface area contributed by atoms with E-state index in [0.29, 0.717) is 24.5 Å². The van der Waals surface area contributed by atoms with Crippen LogP contribution in [0.15, 0.2) is 66.9 Å². The van der Waals surface area contributed by atoms with Gasteiger partial charge in [0.15, 0.2) is 0 Å². The van der Waals surface area contributed by atoms with Crippen molar-refractivity contribution in [3.8, 4) is 0 Å². The molecule has 1 aliphatic rings. The van der Waals surface area contributed by atoms with Crippen LogP contribution >= 0.6 is 0 Å². The maximum absolute atomic E-state index is 13.9. The molecule has 3 aromatic rings. The molecule has 148 valence electrons. The maximum atomic E-state index is 13.9. The highest BCUT2D eigenvalue weighted by Crippen LogP contribution is 2.21. The number of hydrogen-bond acceptors (Lipinski definition) is 4. The van der Waals surface area contributed by atoms with Gasteiger partial charge in [0.05, 0.1) is 5.69 Å². The van der Waals surface area contributed by atoms with Gasteiger partial charge in [-0.1, -0.05) is 18.2 Å². The van der Waals surface area contributed by atoms with Crippen LogP contribution in [0.1, 0.15) is 10.4 Å². The Balaban J connectivity index is 1.42. The number of halogens is 2. The van der Waals surface area contributed by atoms with Crippen molar-refractivity contribution >= 4 is 23.1 Å². The largest absolute Gasteiger partial charge is 0.368 e. The zero-order chi connectivity index (χ0) is 20.2. The third-order valence-corrected chi connectivity index (χ3v) is 4.89. The van der Waals surface area contributed by atoms with E-state index in [0.717, 1.165) is 30.9 Å². The molecule has 0 aliphatic carbocycles. The van der Waals surface area contributed by atoms with Crippen molar-refractivity contribution in [1.82, 2.24) is 9.88 Å². The third kappa shape index (κ3) is 4.34. The molecule has 1 N–H and O–H groups in total. The summed E-state index contributed by atoms with van der Waals surface area (Å²) in [4.78, 5) is 21.1. The average molecular weight is 394 g/mol. The van der Waals surface area contributed by atoms with Crippen molar-refractivity contribution in [2.45, 2.75) is 0 Å². The van der Waals surface area contributed by atoms with Gasteiger partial charge in [0, 0.05) is 49.7 Å². The third-order valence-electron chi connectivity index (χ3n) is 4.89. The maximum Gasteiger partial charge on any atom is 0.254 e. The van der Waals surface area contributed by atoms with E-state index < -0.39 is 11.6 Å². The van der Waals surface area contributed by atoms with Crippen LogP contribution < -0.4 is 10.2 Å². The minimum atomic E-state index is -0.722. The van der Waals surface area contributed by atoms with E-state index in [1.54, 1.807) is 17.0 Å². The van der Waals surface area contributed by atoms with E-state index in [2.05, 4.69) is 27.3 Å². The molecule has 1 aromatic heterocycles. The lowest BCUT2D eigenvalue weighted by Gasteiger charge is -2.36. The molecule has 1 saturated heterocycles. The van der Waals surface area contributed by atoms with E-state index in [4.69, 9.17) is 0 Å². The first kappa shape index (κ1) is 18.9. The van der Waals surface area contributed by atoms with Crippen molar-refractivity contribution in [3.63, 3.8) is 0 Å². The fraction of sp³-hybridized carbons (Fsp3) is 0.182. The first-order valence-corrected chi connectivity index (χ1v) is 9.37. The molecule has 0 unspecified atom stereocenters. The predicted molar refractivity (Wildman–Crippen MR) is 108 cm³/mol. The Morgan fingerprint density at radius 3 is 2.41 bits per heavy atom. The molecule has 0 radical (unpaired) electrons. The Hall–Kier alpha value is -3.48. The van der Waals surface area contributed by atoms with Crippen LogP contribution in [0.25, 0.3) is 0 Å². The molecule has 4 rings (SSSR count). The SMILES string of the molecule is O=C(c1ccnc(Nc2ccc(F)cc2F)c1)N1CCN(c2ccccc2)CC1. The van der Waals surface area contributed by atoms with Crippen LogP contribution in [0.2, 0.25) is 0 Å². The molecule has 0 atom stereocenters. The summed E-state index contributed by atoms with van der Waals surface area (Å²) in [6, 6.07) is 16.6. The lowest BCUT2D eigenvalue weighted by molar-refractivity contribution is 0.0746. The summed E-state index contributed by atoms with van der Waals surface area (Å²) in [5.74, 6) is -1.15. The first-order chi connectivity index (χ1) is 14.1. The smallest absolute Gasteiger partial charge is 0.254 e. The fourth-order valence-electron chi connectivity index (χ4n) is 3.35. The second-order valence-electron chi connectivity index (χ2n) is 6.79. The Kier molecular flexibility index (Phi) is 5.37. The van der Waals surface area contributed by atoms with Crippen LogP contribution in [0.4, 0.5) is 26.0 Å². The zero-order valence-electron chi connectivity index (χ0n) is 15.7. The van der Waals surface area contributed by atoms with Gasteiger partial charge in [0.2, 0.25) is 0 Å². The Labute approximate surface area is 167 Å².